The summed E-state index contributed by atoms with van der Waals surface area (Å²) in [5, 5.41) is 22.0. The number of ether oxygens (including phenoxy) is 1. The summed E-state index contributed by atoms with van der Waals surface area (Å²) in [6.45, 7) is 11.3. The number of rotatable bonds is 5. The number of aliphatic hydroxyl groups excluding tert-OH is 1. The molecule has 0 rings (SSSR count). The van der Waals surface area contributed by atoms with Gasteiger partial charge in [0.05, 0.1) is 18.4 Å². The van der Waals surface area contributed by atoms with E-state index in [1.165, 1.54) is 13.2 Å². The largest absolute Gasteiger partial charge is 0.506 e. The van der Waals surface area contributed by atoms with Crippen molar-refractivity contribution >= 4 is 0 Å². The van der Waals surface area contributed by atoms with Crippen molar-refractivity contribution in [1.29, 1.82) is 5.26 Å². The molecule has 17 heavy (non-hydrogen) atoms. The highest BCUT2D eigenvalue weighted by Crippen LogP contribution is 2.27. The van der Waals surface area contributed by atoms with Crippen molar-refractivity contribution in [2.24, 2.45) is 5.41 Å². The first kappa shape index (κ1) is 15.5. The quantitative estimate of drug-likeness (QED) is 0.570. The highest BCUT2D eigenvalue weighted by Gasteiger charge is 2.30. The van der Waals surface area contributed by atoms with Crippen LogP contribution >= 0.6 is 0 Å². The Hall–Kier alpha value is -1.47. The van der Waals surface area contributed by atoms with Crippen molar-refractivity contribution in [3.63, 3.8) is 0 Å². The second-order valence-corrected chi connectivity index (χ2v) is 5.22. The molecule has 0 heterocycles. The van der Waals surface area contributed by atoms with E-state index in [1.807, 2.05) is 20.8 Å². The Balaban J connectivity index is 5.30. The van der Waals surface area contributed by atoms with Gasteiger partial charge in [0.15, 0.2) is 0 Å². The normalized spacial score (nSPS) is 16.5. The number of nitriles is 1. The number of nitrogens with one attached hydrogen (secondary N) is 1. The van der Waals surface area contributed by atoms with Crippen LogP contribution in [0.1, 0.15) is 27.7 Å². The van der Waals surface area contributed by atoms with Gasteiger partial charge in [-0.1, -0.05) is 27.4 Å². The second-order valence-electron chi connectivity index (χ2n) is 5.22. The number of nitrogens with zero attached hydrogens (tertiary/aromatic N) is 1. The van der Waals surface area contributed by atoms with Crippen molar-refractivity contribution < 1.29 is 9.84 Å². The van der Waals surface area contributed by atoms with Gasteiger partial charge in [-0.2, -0.15) is 5.26 Å². The number of allylic oxidation sites excluding steroid dienone is 2. The molecule has 0 aromatic rings. The minimum atomic E-state index is -0.881. The molecule has 0 aromatic carbocycles. The molecule has 4 nitrogen and oxygen atoms in total. The molecule has 0 saturated carbocycles. The SMILES string of the molecule is C=C/C(O)=C(\NC(C)(C#N)COC)C(C)(C)C. The van der Waals surface area contributed by atoms with Crippen LogP contribution < -0.4 is 5.32 Å². The fourth-order valence-electron chi connectivity index (χ4n) is 1.40. The average Bonchev–Trinajstić information content (AvgIpc) is 2.24. The van der Waals surface area contributed by atoms with Crippen molar-refractivity contribution in [1.82, 2.24) is 5.32 Å². The summed E-state index contributed by atoms with van der Waals surface area (Å²) in [7, 11) is 1.53. The van der Waals surface area contributed by atoms with Crippen LogP contribution in [0.4, 0.5) is 0 Å². The monoisotopic (exact) mass is 238 g/mol. The fraction of sp³-hybridized carbons (Fsp3) is 0.615. The molecule has 2 N–H and O–H groups in total. The lowest BCUT2D eigenvalue weighted by Crippen LogP contribution is -2.47. The Labute approximate surface area is 104 Å². The molecular weight excluding hydrogens is 216 g/mol. The van der Waals surface area contributed by atoms with Crippen molar-refractivity contribution in [3.05, 3.63) is 24.1 Å². The number of methoxy groups -OCH3 is 1. The number of aliphatic hydroxyl groups is 1. The van der Waals surface area contributed by atoms with Crippen molar-refractivity contribution in [3.8, 4) is 6.07 Å². The fourth-order valence-corrected chi connectivity index (χ4v) is 1.40. The van der Waals surface area contributed by atoms with Gasteiger partial charge in [-0.3, -0.25) is 0 Å². The number of hydrogen-bond donors (Lipinski definition) is 2. The molecule has 0 amide bonds. The second kappa shape index (κ2) is 5.74. The summed E-state index contributed by atoms with van der Waals surface area (Å²) >= 11 is 0. The van der Waals surface area contributed by atoms with Crippen LogP contribution in [0.15, 0.2) is 24.1 Å². The Morgan fingerprint density at radius 2 is 2.00 bits per heavy atom. The zero-order valence-electron chi connectivity index (χ0n) is 11.3. The van der Waals surface area contributed by atoms with E-state index in [0.717, 1.165) is 0 Å². The van der Waals surface area contributed by atoms with Gasteiger partial charge in [0.1, 0.15) is 11.3 Å². The molecule has 0 fully saturated rings. The Bertz CT molecular complexity index is 347. The van der Waals surface area contributed by atoms with Crippen molar-refractivity contribution in [2.45, 2.75) is 33.2 Å². The smallest absolute Gasteiger partial charge is 0.145 e. The maximum atomic E-state index is 9.83. The van der Waals surface area contributed by atoms with Crippen molar-refractivity contribution in [2.75, 3.05) is 13.7 Å². The van der Waals surface area contributed by atoms with E-state index in [1.54, 1.807) is 6.92 Å². The Kier molecular flexibility index (Phi) is 5.24. The summed E-state index contributed by atoms with van der Waals surface area (Å²) in [5.41, 5.74) is -0.619. The minimum absolute atomic E-state index is 0.0510. The van der Waals surface area contributed by atoms with Gasteiger partial charge >= 0.3 is 0 Å². The lowest BCUT2D eigenvalue weighted by atomic mass is 9.88. The first-order valence-electron chi connectivity index (χ1n) is 5.44. The Morgan fingerprint density at radius 1 is 1.47 bits per heavy atom. The topological polar surface area (TPSA) is 65.3 Å². The molecule has 0 aliphatic heterocycles. The van der Waals surface area contributed by atoms with Crippen LogP contribution in [0, 0.1) is 16.7 Å². The van der Waals surface area contributed by atoms with Gasteiger partial charge in [0, 0.05) is 12.5 Å². The molecule has 0 bridgehead atoms. The molecule has 1 unspecified atom stereocenters. The predicted octanol–water partition coefficient (Wildman–Crippen LogP) is 2.51. The van der Waals surface area contributed by atoms with Crippen LogP contribution in [0.5, 0.6) is 0 Å². The third-order valence-electron chi connectivity index (χ3n) is 2.28. The van der Waals surface area contributed by atoms with Crippen LogP contribution in [0.25, 0.3) is 0 Å². The molecular formula is C13H22N2O2. The lowest BCUT2D eigenvalue weighted by molar-refractivity contribution is 0.146. The highest BCUT2D eigenvalue weighted by atomic mass is 16.5. The van der Waals surface area contributed by atoms with Gasteiger partial charge in [-0.15, -0.1) is 0 Å². The summed E-state index contributed by atoms with van der Waals surface area (Å²) in [6, 6.07) is 2.15. The van der Waals surface area contributed by atoms with Gasteiger partial charge in [-0.25, -0.2) is 0 Å². The van der Waals surface area contributed by atoms with E-state index in [4.69, 9.17) is 10.00 Å². The third kappa shape index (κ3) is 4.49. The van der Waals surface area contributed by atoms with Crippen LogP contribution in [0.3, 0.4) is 0 Å². The van der Waals surface area contributed by atoms with Gasteiger partial charge in [0.2, 0.25) is 0 Å². The standard InChI is InChI=1S/C13H22N2O2/c1-7-10(16)11(12(2,3)4)15-13(5,8-14)9-17-6/h7,15-16H,1,9H2,2-6H3/b11-10+. The van der Waals surface area contributed by atoms with E-state index in [2.05, 4.69) is 18.0 Å². The molecule has 0 aliphatic rings. The molecule has 4 heteroatoms. The summed E-state index contributed by atoms with van der Waals surface area (Å²) in [4.78, 5) is 0. The lowest BCUT2D eigenvalue weighted by Gasteiger charge is -2.32. The third-order valence-corrected chi connectivity index (χ3v) is 2.28. The first-order valence-corrected chi connectivity index (χ1v) is 5.44. The van der Waals surface area contributed by atoms with Gasteiger partial charge in [-0.05, 0) is 13.0 Å². The van der Waals surface area contributed by atoms with E-state index in [9.17, 15) is 5.11 Å². The van der Waals surface area contributed by atoms with Crippen LogP contribution in [-0.4, -0.2) is 24.4 Å². The van der Waals surface area contributed by atoms with E-state index >= 15 is 0 Å². The predicted molar refractivity (Wildman–Crippen MR) is 68.3 cm³/mol. The molecule has 0 radical (unpaired) electrons. The van der Waals surface area contributed by atoms with Crippen LogP contribution in [-0.2, 0) is 4.74 Å². The summed E-state index contributed by atoms with van der Waals surface area (Å²) in [6.07, 6.45) is 1.36. The summed E-state index contributed by atoms with van der Waals surface area (Å²) in [5.74, 6) is 0.0510. The maximum Gasteiger partial charge on any atom is 0.145 e. The minimum Gasteiger partial charge on any atom is -0.506 e. The van der Waals surface area contributed by atoms with E-state index in [-0.39, 0.29) is 17.8 Å². The highest BCUT2D eigenvalue weighted by molar-refractivity contribution is 5.25. The maximum absolute atomic E-state index is 9.83. The average molecular weight is 238 g/mol. The zero-order valence-corrected chi connectivity index (χ0v) is 11.3. The summed E-state index contributed by atoms with van der Waals surface area (Å²) < 4.78 is 5.01. The molecule has 1 atom stereocenters. The zero-order chi connectivity index (χ0) is 13.7. The number of hydrogen-bond acceptors (Lipinski definition) is 4. The van der Waals surface area contributed by atoms with Crippen LogP contribution in [0.2, 0.25) is 0 Å². The molecule has 0 aliphatic carbocycles. The van der Waals surface area contributed by atoms with Gasteiger partial charge in [0.25, 0.3) is 0 Å². The first-order chi connectivity index (χ1) is 7.70. The van der Waals surface area contributed by atoms with E-state index < -0.39 is 5.54 Å². The van der Waals surface area contributed by atoms with E-state index in [0.29, 0.717) is 5.70 Å². The molecule has 96 valence electrons. The Morgan fingerprint density at radius 3 is 2.29 bits per heavy atom. The van der Waals surface area contributed by atoms with Gasteiger partial charge < -0.3 is 15.2 Å². The molecule has 0 aromatic heterocycles. The molecule has 0 saturated heterocycles. The molecule has 0 spiro atoms.